The first-order valence-corrected chi connectivity index (χ1v) is 4.83. The van der Waals surface area contributed by atoms with Crippen molar-refractivity contribution in [2.75, 3.05) is 0 Å². The fourth-order valence-corrected chi connectivity index (χ4v) is 1.48. The first-order chi connectivity index (χ1) is 7.31. The van der Waals surface area contributed by atoms with E-state index in [1.165, 1.54) is 0 Å². The molecule has 2 rings (SSSR count). The van der Waals surface area contributed by atoms with Crippen LogP contribution in [0.3, 0.4) is 0 Å². The number of aromatic nitrogens is 1. The number of pyridine rings is 1. The highest BCUT2D eigenvalue weighted by Crippen LogP contribution is 2.13. The van der Waals surface area contributed by atoms with Gasteiger partial charge in [-0.05, 0) is 37.3 Å². The van der Waals surface area contributed by atoms with E-state index in [0.29, 0.717) is 5.56 Å². The molecular formula is C13H11NO. The summed E-state index contributed by atoms with van der Waals surface area (Å²) in [5.74, 6) is 0.0308. The number of fused-ring (bicyclic) bond motifs is 1. The van der Waals surface area contributed by atoms with Crippen LogP contribution in [-0.4, -0.2) is 10.8 Å². The second-order valence-corrected chi connectivity index (χ2v) is 3.28. The lowest BCUT2D eigenvalue weighted by molar-refractivity contribution is 0.104. The third-order valence-corrected chi connectivity index (χ3v) is 2.21. The number of allylic oxidation sites excluding steroid dienone is 2. The van der Waals surface area contributed by atoms with Gasteiger partial charge in [-0.1, -0.05) is 12.1 Å². The van der Waals surface area contributed by atoms with Crippen molar-refractivity contribution in [3.63, 3.8) is 0 Å². The first-order valence-electron chi connectivity index (χ1n) is 4.83. The Balaban J connectivity index is 2.51. The van der Waals surface area contributed by atoms with Gasteiger partial charge in [-0.25, -0.2) is 0 Å². The number of ketones is 1. The van der Waals surface area contributed by atoms with Crippen LogP contribution in [0.2, 0.25) is 0 Å². The minimum Gasteiger partial charge on any atom is -0.289 e. The lowest BCUT2D eigenvalue weighted by atomic mass is 10.1. The van der Waals surface area contributed by atoms with Gasteiger partial charge < -0.3 is 0 Å². The first kappa shape index (κ1) is 9.59. The Bertz CT molecular complexity index is 529. The molecule has 0 saturated carbocycles. The van der Waals surface area contributed by atoms with Crippen LogP contribution < -0.4 is 0 Å². The monoisotopic (exact) mass is 197 g/mol. The molecule has 2 nitrogen and oxygen atoms in total. The Hall–Kier alpha value is -1.96. The topological polar surface area (TPSA) is 30.0 Å². The molecule has 1 heterocycles. The van der Waals surface area contributed by atoms with E-state index >= 15 is 0 Å². The van der Waals surface area contributed by atoms with E-state index in [9.17, 15) is 4.79 Å². The molecule has 0 aliphatic heterocycles. The maximum Gasteiger partial charge on any atom is 0.185 e. The van der Waals surface area contributed by atoms with Gasteiger partial charge in [0.05, 0.1) is 5.52 Å². The smallest absolute Gasteiger partial charge is 0.185 e. The molecule has 74 valence electrons. The van der Waals surface area contributed by atoms with E-state index in [-0.39, 0.29) is 5.78 Å². The van der Waals surface area contributed by atoms with Crippen molar-refractivity contribution in [1.82, 2.24) is 4.98 Å². The Morgan fingerprint density at radius 3 is 3.00 bits per heavy atom. The summed E-state index contributed by atoms with van der Waals surface area (Å²) in [5.41, 5.74) is 1.61. The fraction of sp³-hybridized carbons (Fsp3) is 0.0769. The van der Waals surface area contributed by atoms with Crippen LogP contribution >= 0.6 is 0 Å². The predicted octanol–water partition coefficient (Wildman–Crippen LogP) is 2.99. The van der Waals surface area contributed by atoms with E-state index in [4.69, 9.17) is 0 Å². The van der Waals surface area contributed by atoms with E-state index < -0.39 is 0 Å². The maximum absolute atomic E-state index is 11.6. The summed E-state index contributed by atoms with van der Waals surface area (Å²) in [6.07, 6.45) is 5.06. The molecule has 0 aliphatic carbocycles. The third-order valence-electron chi connectivity index (χ3n) is 2.21. The SMILES string of the molecule is C/C=C/C(=O)c1ccc2ncccc2c1. The number of hydrogen-bond acceptors (Lipinski definition) is 2. The Labute approximate surface area is 88.3 Å². The lowest BCUT2D eigenvalue weighted by Gasteiger charge is -1.99. The molecule has 0 N–H and O–H groups in total. The van der Waals surface area contributed by atoms with Crippen molar-refractivity contribution in [1.29, 1.82) is 0 Å². The molecule has 0 saturated heterocycles. The van der Waals surface area contributed by atoms with Gasteiger partial charge >= 0.3 is 0 Å². The van der Waals surface area contributed by atoms with Crippen LogP contribution in [-0.2, 0) is 0 Å². The van der Waals surface area contributed by atoms with Gasteiger partial charge in [-0.3, -0.25) is 9.78 Å². The largest absolute Gasteiger partial charge is 0.289 e. The summed E-state index contributed by atoms with van der Waals surface area (Å²) in [6.45, 7) is 1.83. The molecule has 2 aromatic rings. The van der Waals surface area contributed by atoms with Gasteiger partial charge in [0.15, 0.2) is 5.78 Å². The van der Waals surface area contributed by atoms with E-state index in [1.807, 2.05) is 31.2 Å². The molecule has 1 aromatic carbocycles. The van der Waals surface area contributed by atoms with Crippen molar-refractivity contribution < 1.29 is 4.79 Å². The zero-order chi connectivity index (χ0) is 10.7. The van der Waals surface area contributed by atoms with Gasteiger partial charge in [0.25, 0.3) is 0 Å². The minimum atomic E-state index is 0.0308. The van der Waals surface area contributed by atoms with Crippen LogP contribution in [0.4, 0.5) is 0 Å². The highest BCUT2D eigenvalue weighted by molar-refractivity contribution is 6.06. The molecule has 0 bridgehead atoms. The summed E-state index contributed by atoms with van der Waals surface area (Å²) in [4.78, 5) is 15.8. The van der Waals surface area contributed by atoms with Crippen LogP contribution in [0.25, 0.3) is 10.9 Å². The molecule has 0 amide bonds. The van der Waals surface area contributed by atoms with Crippen LogP contribution in [0.15, 0.2) is 48.7 Å². The molecule has 1 aromatic heterocycles. The Kier molecular flexibility index (Phi) is 2.59. The fourth-order valence-electron chi connectivity index (χ4n) is 1.48. The zero-order valence-electron chi connectivity index (χ0n) is 8.47. The van der Waals surface area contributed by atoms with Gasteiger partial charge in [-0.2, -0.15) is 0 Å². The summed E-state index contributed by atoms with van der Waals surface area (Å²) >= 11 is 0. The second kappa shape index (κ2) is 4.05. The van der Waals surface area contributed by atoms with Crippen molar-refractivity contribution in [2.24, 2.45) is 0 Å². The molecule has 0 fully saturated rings. The summed E-state index contributed by atoms with van der Waals surface area (Å²) in [5, 5.41) is 0.993. The molecular weight excluding hydrogens is 186 g/mol. The Morgan fingerprint density at radius 1 is 1.33 bits per heavy atom. The van der Waals surface area contributed by atoms with Gasteiger partial charge in [0.1, 0.15) is 0 Å². The summed E-state index contributed by atoms with van der Waals surface area (Å²) in [6, 6.07) is 9.36. The molecule has 0 aliphatic rings. The number of nitrogens with zero attached hydrogens (tertiary/aromatic N) is 1. The average molecular weight is 197 g/mol. The molecule has 0 unspecified atom stereocenters. The highest BCUT2D eigenvalue weighted by Gasteiger charge is 2.02. The highest BCUT2D eigenvalue weighted by atomic mass is 16.1. The average Bonchev–Trinajstić information content (AvgIpc) is 2.29. The predicted molar refractivity (Wildman–Crippen MR) is 60.9 cm³/mol. The molecule has 15 heavy (non-hydrogen) atoms. The van der Waals surface area contributed by atoms with Crippen molar-refractivity contribution >= 4 is 16.7 Å². The van der Waals surface area contributed by atoms with Crippen molar-refractivity contribution in [3.05, 3.63) is 54.2 Å². The quantitative estimate of drug-likeness (QED) is 0.547. The van der Waals surface area contributed by atoms with E-state index in [0.717, 1.165) is 10.9 Å². The van der Waals surface area contributed by atoms with Crippen LogP contribution in [0.5, 0.6) is 0 Å². The minimum absolute atomic E-state index is 0.0308. The maximum atomic E-state index is 11.6. The molecule has 0 radical (unpaired) electrons. The van der Waals surface area contributed by atoms with Gasteiger partial charge in [-0.15, -0.1) is 0 Å². The number of hydrogen-bond donors (Lipinski definition) is 0. The van der Waals surface area contributed by atoms with Crippen LogP contribution in [0, 0.1) is 0 Å². The summed E-state index contributed by atoms with van der Waals surface area (Å²) in [7, 11) is 0. The standard InChI is InChI=1S/C13H11NO/c1-2-4-13(15)11-6-7-12-10(9-11)5-3-8-14-12/h2-9H,1H3/b4-2+. The van der Waals surface area contributed by atoms with E-state index in [2.05, 4.69) is 4.98 Å². The van der Waals surface area contributed by atoms with Crippen molar-refractivity contribution in [3.8, 4) is 0 Å². The van der Waals surface area contributed by atoms with E-state index in [1.54, 1.807) is 24.4 Å². The Morgan fingerprint density at radius 2 is 2.20 bits per heavy atom. The third kappa shape index (κ3) is 1.94. The van der Waals surface area contributed by atoms with Gasteiger partial charge in [0.2, 0.25) is 0 Å². The molecule has 2 heteroatoms. The number of benzene rings is 1. The number of rotatable bonds is 2. The lowest BCUT2D eigenvalue weighted by Crippen LogP contribution is -1.93. The van der Waals surface area contributed by atoms with Crippen LogP contribution in [0.1, 0.15) is 17.3 Å². The molecule has 0 spiro atoms. The van der Waals surface area contributed by atoms with Crippen molar-refractivity contribution in [2.45, 2.75) is 6.92 Å². The summed E-state index contributed by atoms with van der Waals surface area (Å²) < 4.78 is 0. The van der Waals surface area contributed by atoms with Gasteiger partial charge in [0, 0.05) is 17.1 Å². The number of carbonyl (C=O) groups is 1. The number of carbonyl (C=O) groups excluding carboxylic acids is 1. The molecule has 0 atom stereocenters. The normalized spacial score (nSPS) is 11.0. The zero-order valence-corrected chi connectivity index (χ0v) is 8.47. The second-order valence-electron chi connectivity index (χ2n) is 3.28.